The third-order valence-electron chi connectivity index (χ3n) is 2.59. The Morgan fingerprint density at radius 1 is 1.24 bits per heavy atom. The topological polar surface area (TPSA) is 30.9 Å². The minimum atomic E-state index is -0.376. The Kier molecular flexibility index (Phi) is 3.82. The Morgan fingerprint density at radius 2 is 2.06 bits per heavy atom. The molecule has 0 fully saturated rings. The van der Waals surface area contributed by atoms with E-state index in [0.29, 0.717) is 13.1 Å². The summed E-state index contributed by atoms with van der Waals surface area (Å²) in [5, 5.41) is 0.157. The van der Waals surface area contributed by atoms with Gasteiger partial charge >= 0.3 is 0 Å². The van der Waals surface area contributed by atoms with E-state index in [1.807, 2.05) is 29.1 Å². The van der Waals surface area contributed by atoms with Crippen LogP contribution in [0.1, 0.15) is 11.1 Å². The van der Waals surface area contributed by atoms with E-state index >= 15 is 0 Å². The summed E-state index contributed by atoms with van der Waals surface area (Å²) in [6, 6.07) is 6.90. The van der Waals surface area contributed by atoms with Crippen molar-refractivity contribution in [3.8, 4) is 0 Å². The van der Waals surface area contributed by atoms with E-state index in [9.17, 15) is 4.39 Å². The molecule has 0 saturated carbocycles. The first-order valence-corrected chi connectivity index (χ1v) is 5.85. The number of nitrogens with two attached hydrogens (primary N) is 1. The van der Waals surface area contributed by atoms with Gasteiger partial charge in [0.05, 0.1) is 5.02 Å². The summed E-state index contributed by atoms with van der Waals surface area (Å²) in [4.78, 5) is 0. The van der Waals surface area contributed by atoms with E-state index in [1.54, 1.807) is 6.07 Å². The van der Waals surface area contributed by atoms with Gasteiger partial charge in [0.15, 0.2) is 0 Å². The van der Waals surface area contributed by atoms with Gasteiger partial charge in [-0.3, -0.25) is 0 Å². The highest BCUT2D eigenvalue weighted by Crippen LogP contribution is 2.16. The van der Waals surface area contributed by atoms with Crippen LogP contribution in [0.2, 0.25) is 5.02 Å². The van der Waals surface area contributed by atoms with Crippen LogP contribution < -0.4 is 5.73 Å². The van der Waals surface area contributed by atoms with Crippen LogP contribution in [0.25, 0.3) is 0 Å². The van der Waals surface area contributed by atoms with Crippen LogP contribution in [-0.4, -0.2) is 11.1 Å². The van der Waals surface area contributed by atoms with Crippen molar-refractivity contribution in [1.29, 1.82) is 0 Å². The van der Waals surface area contributed by atoms with Gasteiger partial charge < -0.3 is 10.3 Å². The van der Waals surface area contributed by atoms with E-state index in [2.05, 4.69) is 0 Å². The van der Waals surface area contributed by atoms with Crippen LogP contribution in [0, 0.1) is 5.82 Å². The van der Waals surface area contributed by atoms with Crippen LogP contribution in [0.4, 0.5) is 4.39 Å². The number of rotatable bonds is 4. The molecule has 0 aliphatic rings. The predicted octanol–water partition coefficient (Wildman–Crippen LogP) is 2.83. The molecule has 1 aromatic heterocycles. The standard InChI is InChI=1S/C13H14ClFN2/c14-12-2-1-11(7-13(12)15)9-17-6-4-10(8-17)3-5-16/h1-2,4,6-8H,3,5,9,16H2. The second kappa shape index (κ2) is 5.34. The predicted molar refractivity (Wildman–Crippen MR) is 67.7 cm³/mol. The first-order chi connectivity index (χ1) is 8.19. The lowest BCUT2D eigenvalue weighted by molar-refractivity contribution is 0.624. The second-order valence-electron chi connectivity index (χ2n) is 3.98. The molecule has 4 heteroatoms. The lowest BCUT2D eigenvalue weighted by Crippen LogP contribution is -2.02. The zero-order valence-corrected chi connectivity index (χ0v) is 10.1. The van der Waals surface area contributed by atoms with Crippen molar-refractivity contribution in [2.24, 2.45) is 5.73 Å². The molecule has 1 aromatic carbocycles. The molecule has 0 unspecified atom stereocenters. The van der Waals surface area contributed by atoms with Gasteiger partial charge in [0.2, 0.25) is 0 Å². The maximum Gasteiger partial charge on any atom is 0.142 e. The second-order valence-corrected chi connectivity index (χ2v) is 4.39. The van der Waals surface area contributed by atoms with Gasteiger partial charge in [-0.15, -0.1) is 0 Å². The number of benzene rings is 1. The molecule has 1 heterocycles. The Hall–Kier alpha value is -1.32. The molecular formula is C13H14ClFN2. The lowest BCUT2D eigenvalue weighted by atomic mass is 10.2. The number of nitrogens with zero attached hydrogens (tertiary/aromatic N) is 1. The van der Waals surface area contributed by atoms with Crippen molar-refractivity contribution in [1.82, 2.24) is 4.57 Å². The summed E-state index contributed by atoms with van der Waals surface area (Å²) in [5.74, 6) is -0.376. The van der Waals surface area contributed by atoms with E-state index in [1.165, 1.54) is 11.6 Å². The summed E-state index contributed by atoms with van der Waals surface area (Å²) in [6.07, 6.45) is 4.86. The molecule has 90 valence electrons. The van der Waals surface area contributed by atoms with E-state index < -0.39 is 0 Å². The van der Waals surface area contributed by atoms with Crippen molar-refractivity contribution in [2.75, 3.05) is 6.54 Å². The third-order valence-corrected chi connectivity index (χ3v) is 2.90. The highest BCUT2D eigenvalue weighted by molar-refractivity contribution is 6.30. The normalized spacial score (nSPS) is 10.8. The number of hydrogen-bond acceptors (Lipinski definition) is 1. The monoisotopic (exact) mass is 252 g/mol. The Bertz CT molecular complexity index is 508. The SMILES string of the molecule is NCCc1ccn(Cc2ccc(Cl)c(F)c2)c1. The first kappa shape index (κ1) is 12.1. The van der Waals surface area contributed by atoms with Gasteiger partial charge in [-0.05, 0) is 42.3 Å². The quantitative estimate of drug-likeness (QED) is 0.891. The van der Waals surface area contributed by atoms with E-state index in [4.69, 9.17) is 17.3 Å². The zero-order chi connectivity index (χ0) is 12.3. The van der Waals surface area contributed by atoms with Gasteiger partial charge in [-0.1, -0.05) is 17.7 Å². The molecule has 2 rings (SSSR count). The minimum Gasteiger partial charge on any atom is -0.350 e. The summed E-state index contributed by atoms with van der Waals surface area (Å²) >= 11 is 5.63. The molecule has 2 N–H and O–H groups in total. The van der Waals surface area contributed by atoms with E-state index in [-0.39, 0.29) is 10.8 Å². The molecular weight excluding hydrogens is 239 g/mol. The molecule has 2 nitrogen and oxygen atoms in total. The van der Waals surface area contributed by atoms with Gasteiger partial charge in [-0.2, -0.15) is 0 Å². The summed E-state index contributed by atoms with van der Waals surface area (Å²) in [7, 11) is 0. The molecule has 0 spiro atoms. The van der Waals surface area contributed by atoms with Crippen LogP contribution in [0.3, 0.4) is 0 Å². The molecule has 0 aliphatic carbocycles. The van der Waals surface area contributed by atoms with Gasteiger partial charge in [0, 0.05) is 18.9 Å². The van der Waals surface area contributed by atoms with Crippen molar-refractivity contribution >= 4 is 11.6 Å². The minimum absolute atomic E-state index is 0.157. The maximum atomic E-state index is 13.3. The molecule has 0 saturated heterocycles. The fourth-order valence-corrected chi connectivity index (χ4v) is 1.87. The largest absolute Gasteiger partial charge is 0.350 e. The highest BCUT2D eigenvalue weighted by Gasteiger charge is 2.02. The van der Waals surface area contributed by atoms with Gasteiger partial charge in [-0.25, -0.2) is 4.39 Å². The Morgan fingerprint density at radius 3 is 2.76 bits per heavy atom. The fraction of sp³-hybridized carbons (Fsp3) is 0.231. The summed E-state index contributed by atoms with van der Waals surface area (Å²) in [6.45, 7) is 1.28. The highest BCUT2D eigenvalue weighted by atomic mass is 35.5. The van der Waals surface area contributed by atoms with Crippen LogP contribution in [0.5, 0.6) is 0 Å². The van der Waals surface area contributed by atoms with Crippen molar-refractivity contribution in [3.05, 3.63) is 58.6 Å². The van der Waals surface area contributed by atoms with Crippen molar-refractivity contribution in [3.63, 3.8) is 0 Å². The van der Waals surface area contributed by atoms with E-state index in [0.717, 1.165) is 12.0 Å². The Labute approximate surface area is 105 Å². The third kappa shape index (κ3) is 3.08. The molecule has 17 heavy (non-hydrogen) atoms. The first-order valence-electron chi connectivity index (χ1n) is 5.47. The molecule has 0 radical (unpaired) electrons. The van der Waals surface area contributed by atoms with Gasteiger partial charge in [0.1, 0.15) is 5.82 Å². The number of aromatic nitrogens is 1. The average Bonchev–Trinajstić information content (AvgIpc) is 2.72. The van der Waals surface area contributed by atoms with Crippen LogP contribution in [0.15, 0.2) is 36.7 Å². The van der Waals surface area contributed by atoms with Crippen LogP contribution in [-0.2, 0) is 13.0 Å². The summed E-state index contributed by atoms with van der Waals surface area (Å²) < 4.78 is 15.3. The molecule has 0 bridgehead atoms. The van der Waals surface area contributed by atoms with Gasteiger partial charge in [0.25, 0.3) is 0 Å². The summed E-state index contributed by atoms with van der Waals surface area (Å²) in [5.41, 5.74) is 7.57. The average molecular weight is 253 g/mol. The fourth-order valence-electron chi connectivity index (χ4n) is 1.75. The molecule has 0 aliphatic heterocycles. The Balaban J connectivity index is 2.11. The van der Waals surface area contributed by atoms with Crippen LogP contribution >= 0.6 is 11.6 Å². The molecule has 0 atom stereocenters. The number of hydrogen-bond donors (Lipinski definition) is 1. The van der Waals surface area contributed by atoms with Crippen molar-refractivity contribution < 1.29 is 4.39 Å². The zero-order valence-electron chi connectivity index (χ0n) is 9.37. The smallest absolute Gasteiger partial charge is 0.142 e. The lowest BCUT2D eigenvalue weighted by Gasteiger charge is -2.04. The number of halogens is 2. The van der Waals surface area contributed by atoms with Crippen molar-refractivity contribution in [2.45, 2.75) is 13.0 Å². The molecule has 0 amide bonds. The maximum absolute atomic E-state index is 13.3. The molecule has 2 aromatic rings.